The van der Waals surface area contributed by atoms with E-state index < -0.39 is 6.36 Å². The lowest BCUT2D eigenvalue weighted by Crippen LogP contribution is -2.16. The van der Waals surface area contributed by atoms with E-state index in [9.17, 15) is 13.2 Å². The summed E-state index contributed by atoms with van der Waals surface area (Å²) in [6, 6.07) is 22.8. The van der Waals surface area contributed by atoms with E-state index in [2.05, 4.69) is 9.89 Å². The van der Waals surface area contributed by atoms with E-state index in [1.165, 1.54) is 12.1 Å². The van der Waals surface area contributed by atoms with Gasteiger partial charge in [0.25, 0.3) is 0 Å². The first-order valence-corrected chi connectivity index (χ1v) is 9.78. The van der Waals surface area contributed by atoms with Crippen LogP contribution < -0.4 is 9.47 Å². The van der Waals surface area contributed by atoms with E-state index in [1.807, 2.05) is 61.5 Å². The summed E-state index contributed by atoms with van der Waals surface area (Å²) in [6.07, 6.45) is -4.02. The fraction of sp³-hybridized carbons (Fsp3) is 0.208. The van der Waals surface area contributed by atoms with Crippen molar-refractivity contribution >= 4 is 5.71 Å². The molecule has 3 rings (SSSR count). The second-order valence-electron chi connectivity index (χ2n) is 6.54. The van der Waals surface area contributed by atoms with Crippen LogP contribution in [0.15, 0.2) is 84.0 Å². The van der Waals surface area contributed by atoms with Crippen molar-refractivity contribution in [2.45, 2.75) is 19.7 Å². The molecule has 0 aliphatic heterocycles. The summed E-state index contributed by atoms with van der Waals surface area (Å²) in [5, 5.41) is 4.21. The first-order chi connectivity index (χ1) is 14.9. The van der Waals surface area contributed by atoms with Crippen LogP contribution in [-0.4, -0.2) is 25.3 Å². The van der Waals surface area contributed by atoms with Crippen molar-refractivity contribution in [3.63, 3.8) is 0 Å². The van der Waals surface area contributed by atoms with Crippen LogP contribution in [0.2, 0.25) is 0 Å². The number of para-hydroxylation sites is 1. The van der Waals surface area contributed by atoms with Gasteiger partial charge in [0.1, 0.15) is 18.1 Å². The normalized spacial score (nSPS) is 11.8. The number of nitrogens with zero attached hydrogens (tertiary/aromatic N) is 1. The molecule has 3 aromatic carbocycles. The van der Waals surface area contributed by atoms with Crippen LogP contribution >= 0.6 is 0 Å². The molecule has 0 aliphatic carbocycles. The number of alkyl halides is 3. The molecular weight excluding hydrogens is 407 g/mol. The third-order valence-electron chi connectivity index (χ3n) is 4.34. The maximum atomic E-state index is 12.3. The quantitative estimate of drug-likeness (QED) is 0.223. The van der Waals surface area contributed by atoms with Crippen LogP contribution in [0.1, 0.15) is 18.9 Å². The summed E-state index contributed by atoms with van der Waals surface area (Å²) in [5.41, 5.74) is 3.35. The van der Waals surface area contributed by atoms with Crippen molar-refractivity contribution in [2.24, 2.45) is 5.16 Å². The topological polar surface area (TPSA) is 40.0 Å². The monoisotopic (exact) mass is 429 g/mol. The number of benzene rings is 3. The first kappa shape index (κ1) is 22.2. The molecule has 0 saturated carbocycles. The highest BCUT2D eigenvalue weighted by Gasteiger charge is 2.30. The minimum absolute atomic E-state index is 0.248. The minimum Gasteiger partial charge on any atom is -0.490 e. The average Bonchev–Trinajstić information content (AvgIpc) is 2.77. The number of rotatable bonds is 9. The lowest BCUT2D eigenvalue weighted by molar-refractivity contribution is -0.274. The number of hydrogen-bond donors (Lipinski definition) is 0. The maximum Gasteiger partial charge on any atom is 0.573 e. The van der Waals surface area contributed by atoms with Gasteiger partial charge < -0.3 is 14.3 Å². The zero-order chi connectivity index (χ0) is 22.1. The molecule has 0 bridgehead atoms. The third-order valence-corrected chi connectivity index (χ3v) is 4.34. The molecule has 0 heterocycles. The third kappa shape index (κ3) is 7.06. The average molecular weight is 429 g/mol. The Bertz CT molecular complexity index is 970. The fourth-order valence-electron chi connectivity index (χ4n) is 2.86. The molecule has 4 nitrogen and oxygen atoms in total. The second kappa shape index (κ2) is 10.5. The van der Waals surface area contributed by atoms with Gasteiger partial charge in [-0.15, -0.1) is 13.2 Å². The molecule has 0 saturated heterocycles. The molecule has 0 unspecified atom stereocenters. The summed E-state index contributed by atoms with van der Waals surface area (Å²) in [4.78, 5) is 5.39. The fourth-order valence-corrected chi connectivity index (χ4v) is 2.86. The van der Waals surface area contributed by atoms with E-state index in [0.717, 1.165) is 28.2 Å². The SMILES string of the molecule is CC/C(=N\OCCOc1ccccc1)c1ccc(-c2ccc(OC(F)(F)F)cc2)cc1. The predicted octanol–water partition coefficient (Wildman–Crippen LogP) is 6.46. The Morgan fingerprint density at radius 3 is 1.97 bits per heavy atom. The second-order valence-corrected chi connectivity index (χ2v) is 6.54. The van der Waals surface area contributed by atoms with Gasteiger partial charge >= 0.3 is 6.36 Å². The summed E-state index contributed by atoms with van der Waals surface area (Å²) in [7, 11) is 0. The van der Waals surface area contributed by atoms with Crippen LogP contribution in [0.5, 0.6) is 11.5 Å². The summed E-state index contributed by atoms with van der Waals surface area (Å²) >= 11 is 0. The van der Waals surface area contributed by atoms with Gasteiger partial charge in [-0.2, -0.15) is 0 Å². The summed E-state index contributed by atoms with van der Waals surface area (Å²) < 4.78 is 46.3. The zero-order valence-corrected chi connectivity index (χ0v) is 16.9. The lowest BCUT2D eigenvalue weighted by Gasteiger charge is -2.10. The van der Waals surface area contributed by atoms with Gasteiger partial charge in [-0.05, 0) is 47.4 Å². The van der Waals surface area contributed by atoms with Crippen molar-refractivity contribution in [3.8, 4) is 22.6 Å². The van der Waals surface area contributed by atoms with Crippen LogP contribution in [-0.2, 0) is 4.84 Å². The largest absolute Gasteiger partial charge is 0.573 e. The number of halogens is 3. The predicted molar refractivity (Wildman–Crippen MR) is 113 cm³/mol. The highest BCUT2D eigenvalue weighted by Crippen LogP contribution is 2.27. The van der Waals surface area contributed by atoms with Gasteiger partial charge in [-0.25, -0.2) is 0 Å². The van der Waals surface area contributed by atoms with Crippen molar-refractivity contribution < 1.29 is 27.5 Å². The van der Waals surface area contributed by atoms with E-state index in [0.29, 0.717) is 19.6 Å². The standard InChI is InChI=1S/C24H22F3NO3/c1-2-23(28-30-17-16-29-21-6-4-3-5-7-21)20-10-8-18(9-11-20)19-12-14-22(15-13-19)31-24(25,26)27/h3-15H,2,16-17H2,1H3/b28-23+. The van der Waals surface area contributed by atoms with Gasteiger partial charge in [-0.1, -0.05) is 66.7 Å². The molecule has 3 aromatic rings. The Morgan fingerprint density at radius 2 is 1.39 bits per heavy atom. The van der Waals surface area contributed by atoms with E-state index in [-0.39, 0.29) is 5.75 Å². The molecule has 0 amide bonds. The molecule has 0 N–H and O–H groups in total. The van der Waals surface area contributed by atoms with Crippen molar-refractivity contribution in [1.82, 2.24) is 0 Å². The zero-order valence-electron chi connectivity index (χ0n) is 16.9. The van der Waals surface area contributed by atoms with Crippen molar-refractivity contribution in [3.05, 3.63) is 84.4 Å². The molecule has 31 heavy (non-hydrogen) atoms. The molecule has 0 spiro atoms. The van der Waals surface area contributed by atoms with E-state index in [4.69, 9.17) is 9.57 Å². The van der Waals surface area contributed by atoms with Gasteiger partial charge in [0.2, 0.25) is 0 Å². The van der Waals surface area contributed by atoms with E-state index >= 15 is 0 Å². The Balaban J connectivity index is 1.56. The Hall–Kier alpha value is -3.48. The number of hydrogen-bond acceptors (Lipinski definition) is 4. The minimum atomic E-state index is -4.70. The Labute approximate surface area is 178 Å². The molecule has 0 aliphatic rings. The smallest absolute Gasteiger partial charge is 0.490 e. The van der Waals surface area contributed by atoms with Gasteiger partial charge in [0, 0.05) is 0 Å². The van der Waals surface area contributed by atoms with Crippen LogP contribution in [0.4, 0.5) is 13.2 Å². The van der Waals surface area contributed by atoms with Crippen molar-refractivity contribution in [1.29, 1.82) is 0 Å². The van der Waals surface area contributed by atoms with Gasteiger partial charge in [0.05, 0.1) is 5.71 Å². The van der Waals surface area contributed by atoms with Gasteiger partial charge in [0.15, 0.2) is 6.61 Å². The lowest BCUT2D eigenvalue weighted by atomic mass is 10.0. The highest BCUT2D eigenvalue weighted by atomic mass is 19.4. The first-order valence-electron chi connectivity index (χ1n) is 9.78. The molecular formula is C24H22F3NO3. The number of oxime groups is 1. The molecule has 0 atom stereocenters. The highest BCUT2D eigenvalue weighted by molar-refractivity contribution is 6.00. The van der Waals surface area contributed by atoms with E-state index in [1.54, 1.807) is 12.1 Å². The molecule has 0 fully saturated rings. The maximum absolute atomic E-state index is 12.3. The Kier molecular flexibility index (Phi) is 7.54. The van der Waals surface area contributed by atoms with Crippen LogP contribution in [0.25, 0.3) is 11.1 Å². The van der Waals surface area contributed by atoms with Crippen molar-refractivity contribution in [2.75, 3.05) is 13.2 Å². The van der Waals surface area contributed by atoms with Gasteiger partial charge in [-0.3, -0.25) is 0 Å². The molecule has 7 heteroatoms. The number of ether oxygens (including phenoxy) is 2. The Morgan fingerprint density at radius 1 is 0.774 bits per heavy atom. The summed E-state index contributed by atoms with van der Waals surface area (Å²) in [6.45, 7) is 2.69. The molecule has 0 aromatic heterocycles. The molecule has 162 valence electrons. The summed E-state index contributed by atoms with van der Waals surface area (Å²) in [5.74, 6) is 0.529. The molecule has 0 radical (unpaired) electrons. The van der Waals surface area contributed by atoms with Crippen LogP contribution in [0.3, 0.4) is 0 Å². The van der Waals surface area contributed by atoms with Crippen LogP contribution in [0, 0.1) is 0 Å².